The van der Waals surface area contributed by atoms with E-state index in [1.807, 2.05) is 13.8 Å². The van der Waals surface area contributed by atoms with Crippen LogP contribution in [0.4, 0.5) is 0 Å². The van der Waals surface area contributed by atoms with Crippen molar-refractivity contribution in [2.45, 2.75) is 31.2 Å². The minimum atomic E-state index is -3.62. The highest BCUT2D eigenvalue weighted by molar-refractivity contribution is 7.89. The van der Waals surface area contributed by atoms with E-state index in [4.69, 9.17) is 28.9 Å². The zero-order valence-electron chi connectivity index (χ0n) is 12.2. The predicted molar refractivity (Wildman–Crippen MR) is 91.0 cm³/mol. The van der Waals surface area contributed by atoms with E-state index in [2.05, 4.69) is 0 Å². The van der Waals surface area contributed by atoms with Gasteiger partial charge in [0, 0.05) is 24.7 Å². The van der Waals surface area contributed by atoms with Crippen molar-refractivity contribution in [1.82, 2.24) is 4.31 Å². The van der Waals surface area contributed by atoms with Gasteiger partial charge >= 0.3 is 0 Å². The van der Waals surface area contributed by atoms with Gasteiger partial charge in [-0.05, 0) is 30.5 Å². The molecule has 0 heterocycles. The second-order valence-corrected chi connectivity index (χ2v) is 7.95. The highest BCUT2D eigenvalue weighted by Gasteiger charge is 2.24. The Kier molecular flexibility index (Phi) is 8.54. The van der Waals surface area contributed by atoms with Gasteiger partial charge in [0.2, 0.25) is 10.0 Å². The molecule has 0 bridgehead atoms. The lowest BCUT2D eigenvalue weighted by atomic mass is 10.0. The fourth-order valence-corrected chi connectivity index (χ4v) is 3.56. The summed E-state index contributed by atoms with van der Waals surface area (Å²) < 4.78 is 26.1. The molecule has 0 spiro atoms. The van der Waals surface area contributed by atoms with E-state index in [1.54, 1.807) is 0 Å². The summed E-state index contributed by atoms with van der Waals surface area (Å²) in [5, 5.41) is 0.524. The van der Waals surface area contributed by atoms with Crippen molar-refractivity contribution in [3.63, 3.8) is 0 Å². The molecule has 0 aliphatic carbocycles. The van der Waals surface area contributed by atoms with Gasteiger partial charge in [0.25, 0.3) is 0 Å². The number of nitrogens with zero attached hydrogens (tertiary/aromatic N) is 1. The van der Waals surface area contributed by atoms with Gasteiger partial charge in [0.05, 0.1) is 5.02 Å². The minimum absolute atomic E-state index is 0. The van der Waals surface area contributed by atoms with E-state index in [0.717, 1.165) is 0 Å². The minimum Gasteiger partial charge on any atom is -0.327 e. The zero-order chi connectivity index (χ0) is 15.5. The average molecular weight is 376 g/mol. The van der Waals surface area contributed by atoms with E-state index in [0.29, 0.717) is 23.9 Å². The SMILES string of the molecule is CC(C)C(N)CCN(C)S(=O)(=O)c1ccc(Cl)cc1Cl.Cl. The molecule has 1 unspecified atom stereocenters. The molecule has 0 saturated heterocycles. The van der Waals surface area contributed by atoms with Crippen molar-refractivity contribution >= 4 is 45.6 Å². The predicted octanol–water partition coefficient (Wildman–Crippen LogP) is 3.41. The maximum atomic E-state index is 12.4. The summed E-state index contributed by atoms with van der Waals surface area (Å²) in [5.74, 6) is 0.310. The monoisotopic (exact) mass is 374 g/mol. The highest BCUT2D eigenvalue weighted by atomic mass is 35.5. The van der Waals surface area contributed by atoms with Gasteiger partial charge in [-0.3, -0.25) is 0 Å². The standard InChI is InChI=1S/C13H20Cl2N2O2S.ClH/c1-9(2)12(16)6-7-17(3)20(18,19)13-5-4-10(14)8-11(13)15;/h4-5,8-9,12H,6-7,16H2,1-3H3;1H. The summed E-state index contributed by atoms with van der Waals surface area (Å²) in [6.45, 7) is 4.37. The van der Waals surface area contributed by atoms with Crippen molar-refractivity contribution in [3.05, 3.63) is 28.2 Å². The molecule has 21 heavy (non-hydrogen) atoms. The van der Waals surface area contributed by atoms with Gasteiger partial charge in [0.15, 0.2) is 0 Å². The zero-order valence-corrected chi connectivity index (χ0v) is 15.4. The molecule has 0 aliphatic rings. The van der Waals surface area contributed by atoms with Crippen LogP contribution in [-0.4, -0.2) is 32.4 Å². The van der Waals surface area contributed by atoms with Crippen LogP contribution in [0.2, 0.25) is 10.0 Å². The van der Waals surface area contributed by atoms with Crippen LogP contribution in [0.5, 0.6) is 0 Å². The molecule has 8 heteroatoms. The van der Waals surface area contributed by atoms with Crippen LogP contribution in [-0.2, 0) is 10.0 Å². The molecule has 0 fully saturated rings. The summed E-state index contributed by atoms with van der Waals surface area (Å²) in [6.07, 6.45) is 0.596. The third kappa shape index (κ3) is 5.58. The second kappa shape index (κ2) is 8.56. The smallest absolute Gasteiger partial charge is 0.244 e. The Morgan fingerprint density at radius 1 is 1.29 bits per heavy atom. The quantitative estimate of drug-likeness (QED) is 0.828. The average Bonchev–Trinajstić information content (AvgIpc) is 2.34. The van der Waals surface area contributed by atoms with Crippen molar-refractivity contribution in [2.24, 2.45) is 11.7 Å². The summed E-state index contributed by atoms with van der Waals surface area (Å²) in [4.78, 5) is 0.0594. The van der Waals surface area contributed by atoms with Gasteiger partial charge in [0.1, 0.15) is 4.90 Å². The summed E-state index contributed by atoms with van der Waals surface area (Å²) in [7, 11) is -2.10. The largest absolute Gasteiger partial charge is 0.327 e. The number of nitrogens with two attached hydrogens (primary N) is 1. The summed E-state index contributed by atoms with van der Waals surface area (Å²) >= 11 is 11.7. The van der Waals surface area contributed by atoms with E-state index >= 15 is 0 Å². The number of halogens is 3. The van der Waals surface area contributed by atoms with Gasteiger partial charge in [-0.25, -0.2) is 12.7 Å². The first-order valence-corrected chi connectivity index (χ1v) is 8.53. The highest BCUT2D eigenvalue weighted by Crippen LogP contribution is 2.27. The van der Waals surface area contributed by atoms with Gasteiger partial charge < -0.3 is 5.73 Å². The van der Waals surface area contributed by atoms with Crippen molar-refractivity contribution in [2.75, 3.05) is 13.6 Å². The van der Waals surface area contributed by atoms with Crippen molar-refractivity contribution < 1.29 is 8.42 Å². The first kappa shape index (κ1) is 21.0. The van der Waals surface area contributed by atoms with Crippen LogP contribution in [0.15, 0.2) is 23.1 Å². The molecule has 1 aromatic rings. The Morgan fingerprint density at radius 2 is 1.86 bits per heavy atom. The molecule has 0 aliphatic heterocycles. The van der Waals surface area contributed by atoms with Crippen LogP contribution in [0.3, 0.4) is 0 Å². The molecule has 122 valence electrons. The molecular formula is C13H21Cl3N2O2S. The molecule has 0 amide bonds. The maximum Gasteiger partial charge on any atom is 0.244 e. The molecule has 2 N–H and O–H groups in total. The first-order valence-electron chi connectivity index (χ1n) is 6.33. The molecule has 1 aromatic carbocycles. The Balaban J connectivity index is 0.00000400. The van der Waals surface area contributed by atoms with Crippen LogP contribution >= 0.6 is 35.6 Å². The van der Waals surface area contributed by atoms with Crippen molar-refractivity contribution in [1.29, 1.82) is 0 Å². The molecule has 1 rings (SSSR count). The van der Waals surface area contributed by atoms with Crippen molar-refractivity contribution in [3.8, 4) is 0 Å². The number of hydrogen-bond acceptors (Lipinski definition) is 3. The molecule has 0 radical (unpaired) electrons. The fourth-order valence-electron chi connectivity index (χ4n) is 1.64. The Labute approximate surface area is 143 Å². The topological polar surface area (TPSA) is 63.4 Å². The van der Waals surface area contributed by atoms with Crippen LogP contribution < -0.4 is 5.73 Å². The van der Waals surface area contributed by atoms with Crippen LogP contribution in [0.1, 0.15) is 20.3 Å². The molecule has 0 aromatic heterocycles. The number of sulfonamides is 1. The fraction of sp³-hybridized carbons (Fsp3) is 0.538. The molecular weight excluding hydrogens is 355 g/mol. The first-order chi connectivity index (χ1) is 9.16. The lowest BCUT2D eigenvalue weighted by molar-refractivity contribution is 0.397. The maximum absolute atomic E-state index is 12.4. The Hall–Kier alpha value is -0.0400. The lowest BCUT2D eigenvalue weighted by Crippen LogP contribution is -2.34. The normalized spacial score (nSPS) is 13.3. The van der Waals surface area contributed by atoms with Gasteiger partial charge in [-0.1, -0.05) is 37.0 Å². The Bertz CT molecular complexity index is 565. The summed E-state index contributed by atoms with van der Waals surface area (Å²) in [6, 6.07) is 4.31. The summed E-state index contributed by atoms with van der Waals surface area (Å²) in [5.41, 5.74) is 5.93. The van der Waals surface area contributed by atoms with E-state index < -0.39 is 10.0 Å². The number of hydrogen-bond donors (Lipinski definition) is 1. The van der Waals surface area contributed by atoms with Crippen LogP contribution in [0, 0.1) is 5.92 Å². The van der Waals surface area contributed by atoms with Gasteiger partial charge in [-0.2, -0.15) is 0 Å². The molecule has 0 saturated carbocycles. The Morgan fingerprint density at radius 3 is 2.33 bits per heavy atom. The lowest BCUT2D eigenvalue weighted by Gasteiger charge is -2.21. The second-order valence-electron chi connectivity index (χ2n) is 5.10. The van der Waals surface area contributed by atoms with E-state index in [-0.39, 0.29) is 28.4 Å². The molecule has 1 atom stereocenters. The third-order valence-electron chi connectivity index (χ3n) is 3.22. The van der Waals surface area contributed by atoms with E-state index in [1.165, 1.54) is 29.6 Å². The molecule has 4 nitrogen and oxygen atoms in total. The number of benzene rings is 1. The third-order valence-corrected chi connectivity index (χ3v) is 5.79. The van der Waals surface area contributed by atoms with E-state index in [9.17, 15) is 8.42 Å². The number of rotatable bonds is 6. The van der Waals surface area contributed by atoms with Gasteiger partial charge in [-0.15, -0.1) is 12.4 Å². The van der Waals surface area contributed by atoms with Crippen LogP contribution in [0.25, 0.3) is 0 Å².